The second kappa shape index (κ2) is 9.99. The topological polar surface area (TPSA) is 138 Å². The van der Waals surface area contributed by atoms with Gasteiger partial charge in [-0.3, -0.25) is 19.7 Å². The molecule has 0 saturated heterocycles. The molecule has 3 aromatic rings. The molecule has 0 aliphatic heterocycles. The number of hydrogen-bond donors (Lipinski definition) is 2. The van der Waals surface area contributed by atoms with Crippen LogP contribution in [0.1, 0.15) is 33.2 Å². The van der Waals surface area contributed by atoms with E-state index in [1.807, 2.05) is 61.5 Å². The molecule has 2 aromatic carbocycles. The van der Waals surface area contributed by atoms with Crippen LogP contribution in [-0.4, -0.2) is 33.2 Å². The molecular formula is C23H23N3O6. The van der Waals surface area contributed by atoms with Crippen LogP contribution >= 0.6 is 0 Å². The highest BCUT2D eigenvalue weighted by atomic mass is 16.6. The number of amides is 1. The zero-order valence-electron chi connectivity index (χ0n) is 17.4. The van der Waals surface area contributed by atoms with E-state index in [1.54, 1.807) is 0 Å². The number of carbonyl (C=O) groups is 1. The Labute approximate surface area is 183 Å². The highest BCUT2D eigenvalue weighted by Gasteiger charge is 2.21. The Balaban J connectivity index is 1.81. The number of hydrogen-bond acceptors (Lipinski definition) is 6. The fourth-order valence-electron chi connectivity index (χ4n) is 3.27. The molecule has 1 amide bonds. The van der Waals surface area contributed by atoms with Crippen molar-refractivity contribution in [1.29, 1.82) is 0 Å². The standard InChI is InChI=1S/C23H23N3O6/c1-15-7-9-17(10-8-15)21(16-5-3-2-4-6-16)32-14-19(27)13-25-12-18(26(30)31)11-20(22(24)28)23(25)29/h2-12,19,21,27H,13-14H2,1H3,(H2,24,28). The predicted octanol–water partition coefficient (Wildman–Crippen LogP) is 2.33. The summed E-state index contributed by atoms with van der Waals surface area (Å²) in [4.78, 5) is 34.3. The first-order chi connectivity index (χ1) is 15.3. The van der Waals surface area contributed by atoms with Gasteiger partial charge in [0.25, 0.3) is 17.2 Å². The number of aliphatic hydroxyl groups excluding tert-OH is 1. The van der Waals surface area contributed by atoms with Crippen LogP contribution in [0.4, 0.5) is 5.69 Å². The Morgan fingerprint density at radius 3 is 2.38 bits per heavy atom. The number of nitrogens with two attached hydrogens (primary N) is 1. The third-order valence-electron chi connectivity index (χ3n) is 4.89. The third-order valence-corrected chi connectivity index (χ3v) is 4.89. The number of nitro groups is 1. The number of aryl methyl sites for hydroxylation is 1. The number of carbonyl (C=O) groups excluding carboxylic acids is 1. The summed E-state index contributed by atoms with van der Waals surface area (Å²) in [6.45, 7) is 1.51. The van der Waals surface area contributed by atoms with Crippen molar-refractivity contribution in [2.45, 2.75) is 25.7 Å². The first-order valence-electron chi connectivity index (χ1n) is 9.86. The van der Waals surface area contributed by atoms with Crippen molar-refractivity contribution < 1.29 is 19.6 Å². The zero-order chi connectivity index (χ0) is 23.3. The summed E-state index contributed by atoms with van der Waals surface area (Å²) in [6.07, 6.45) is -0.673. The highest BCUT2D eigenvalue weighted by Crippen LogP contribution is 2.26. The van der Waals surface area contributed by atoms with Crippen LogP contribution in [0.15, 0.2) is 71.7 Å². The molecule has 0 spiro atoms. The lowest BCUT2D eigenvalue weighted by molar-refractivity contribution is -0.385. The Bertz CT molecular complexity index is 1160. The lowest BCUT2D eigenvalue weighted by atomic mass is 10.0. The predicted molar refractivity (Wildman–Crippen MR) is 117 cm³/mol. The van der Waals surface area contributed by atoms with Crippen molar-refractivity contribution in [3.05, 3.63) is 110 Å². The minimum atomic E-state index is -1.17. The van der Waals surface area contributed by atoms with Crippen molar-refractivity contribution in [1.82, 2.24) is 4.57 Å². The molecule has 9 nitrogen and oxygen atoms in total. The molecule has 0 aliphatic rings. The van der Waals surface area contributed by atoms with E-state index in [9.17, 15) is 24.8 Å². The number of benzene rings is 2. The molecule has 0 saturated carbocycles. The van der Waals surface area contributed by atoms with Gasteiger partial charge in [0, 0.05) is 6.07 Å². The molecule has 0 aliphatic carbocycles. The molecule has 1 aromatic heterocycles. The zero-order valence-corrected chi connectivity index (χ0v) is 17.4. The summed E-state index contributed by atoms with van der Waals surface area (Å²) in [5.41, 5.74) is 6.20. The average molecular weight is 437 g/mol. The number of aromatic nitrogens is 1. The summed E-state index contributed by atoms with van der Waals surface area (Å²) in [5.74, 6) is -1.08. The monoisotopic (exact) mass is 437 g/mol. The summed E-state index contributed by atoms with van der Waals surface area (Å²) in [6, 6.07) is 18.1. The fourth-order valence-corrected chi connectivity index (χ4v) is 3.27. The number of primary amides is 1. The van der Waals surface area contributed by atoms with Gasteiger partial charge in [0.1, 0.15) is 11.7 Å². The number of ether oxygens (including phenoxy) is 1. The molecule has 166 valence electrons. The number of pyridine rings is 1. The summed E-state index contributed by atoms with van der Waals surface area (Å²) in [7, 11) is 0. The van der Waals surface area contributed by atoms with Gasteiger partial charge in [-0.1, -0.05) is 60.2 Å². The lowest BCUT2D eigenvalue weighted by Crippen LogP contribution is -2.34. The summed E-state index contributed by atoms with van der Waals surface area (Å²) in [5, 5.41) is 21.6. The van der Waals surface area contributed by atoms with Crippen molar-refractivity contribution in [3.63, 3.8) is 0 Å². The first-order valence-corrected chi connectivity index (χ1v) is 9.86. The molecule has 9 heteroatoms. The van der Waals surface area contributed by atoms with Gasteiger partial charge in [-0.15, -0.1) is 0 Å². The maximum absolute atomic E-state index is 12.4. The molecule has 0 bridgehead atoms. The van der Waals surface area contributed by atoms with Gasteiger partial charge >= 0.3 is 0 Å². The van der Waals surface area contributed by atoms with Crippen molar-refractivity contribution >= 4 is 11.6 Å². The lowest BCUT2D eigenvalue weighted by Gasteiger charge is -2.21. The normalized spacial score (nSPS) is 12.8. The van der Waals surface area contributed by atoms with E-state index in [4.69, 9.17) is 10.5 Å². The largest absolute Gasteiger partial charge is 0.389 e. The van der Waals surface area contributed by atoms with Gasteiger partial charge in [-0.2, -0.15) is 0 Å². The first kappa shape index (κ1) is 22.9. The van der Waals surface area contributed by atoms with Gasteiger partial charge in [0.2, 0.25) is 0 Å². The van der Waals surface area contributed by atoms with E-state index >= 15 is 0 Å². The Hall–Kier alpha value is -3.82. The maximum atomic E-state index is 12.4. The SMILES string of the molecule is Cc1ccc(C(OCC(O)Cn2cc([N+](=O)[O-])cc(C(N)=O)c2=O)c2ccccc2)cc1. The van der Waals surface area contributed by atoms with Crippen molar-refractivity contribution in [2.75, 3.05) is 6.61 Å². The number of nitrogens with zero attached hydrogens (tertiary/aromatic N) is 2. The van der Waals surface area contributed by atoms with E-state index in [0.29, 0.717) is 0 Å². The molecule has 32 heavy (non-hydrogen) atoms. The van der Waals surface area contributed by atoms with Crippen molar-refractivity contribution in [3.8, 4) is 0 Å². The van der Waals surface area contributed by atoms with Gasteiger partial charge < -0.3 is 20.1 Å². The van der Waals surface area contributed by atoms with E-state index in [-0.39, 0.29) is 13.2 Å². The third kappa shape index (κ3) is 5.45. The second-order valence-electron chi connectivity index (χ2n) is 7.38. The van der Waals surface area contributed by atoms with Gasteiger partial charge in [0.05, 0.1) is 30.4 Å². The molecule has 0 fully saturated rings. The van der Waals surface area contributed by atoms with Crippen LogP contribution < -0.4 is 11.3 Å². The Kier molecular flexibility index (Phi) is 7.14. The molecule has 1 heterocycles. The molecule has 0 radical (unpaired) electrons. The van der Waals surface area contributed by atoms with Crippen LogP contribution in [0.3, 0.4) is 0 Å². The van der Waals surface area contributed by atoms with E-state index in [0.717, 1.165) is 33.5 Å². The number of rotatable bonds is 9. The second-order valence-corrected chi connectivity index (χ2v) is 7.38. The molecular weight excluding hydrogens is 414 g/mol. The van der Waals surface area contributed by atoms with E-state index < -0.39 is 39.8 Å². The molecule has 2 atom stereocenters. The number of aliphatic hydroxyl groups is 1. The smallest absolute Gasteiger partial charge is 0.286 e. The highest BCUT2D eigenvalue weighted by molar-refractivity contribution is 5.92. The molecule has 3 rings (SSSR count). The Morgan fingerprint density at radius 1 is 1.16 bits per heavy atom. The minimum absolute atomic E-state index is 0.158. The van der Waals surface area contributed by atoms with Crippen LogP contribution in [0.2, 0.25) is 0 Å². The summed E-state index contributed by atoms with van der Waals surface area (Å²) < 4.78 is 6.89. The van der Waals surface area contributed by atoms with Crippen LogP contribution in [0.25, 0.3) is 0 Å². The van der Waals surface area contributed by atoms with E-state index in [1.165, 1.54) is 0 Å². The Morgan fingerprint density at radius 2 is 1.78 bits per heavy atom. The van der Waals surface area contributed by atoms with Crippen LogP contribution in [-0.2, 0) is 11.3 Å². The van der Waals surface area contributed by atoms with E-state index in [2.05, 4.69) is 0 Å². The van der Waals surface area contributed by atoms with Crippen molar-refractivity contribution in [2.24, 2.45) is 5.73 Å². The van der Waals surface area contributed by atoms with Crippen LogP contribution in [0.5, 0.6) is 0 Å². The van der Waals surface area contributed by atoms with Gasteiger partial charge in [-0.05, 0) is 18.1 Å². The van der Waals surface area contributed by atoms with Gasteiger partial charge in [0.15, 0.2) is 0 Å². The molecule has 3 N–H and O–H groups in total. The quantitative estimate of drug-likeness (QED) is 0.389. The minimum Gasteiger partial charge on any atom is -0.389 e. The fraction of sp³-hybridized carbons (Fsp3) is 0.217. The van der Waals surface area contributed by atoms with Crippen LogP contribution in [0, 0.1) is 17.0 Å². The molecule has 2 unspecified atom stereocenters. The van der Waals surface area contributed by atoms with Gasteiger partial charge in [-0.25, -0.2) is 0 Å². The maximum Gasteiger partial charge on any atom is 0.286 e. The summed E-state index contributed by atoms with van der Waals surface area (Å²) >= 11 is 0. The average Bonchev–Trinajstić information content (AvgIpc) is 2.77.